The summed E-state index contributed by atoms with van der Waals surface area (Å²) in [6, 6.07) is 4.81. The predicted octanol–water partition coefficient (Wildman–Crippen LogP) is 1.35. The number of amides is 1. The number of carbonyl (C=O) groups is 2. The molecule has 7 heteroatoms. The number of morpholine rings is 1. The maximum absolute atomic E-state index is 12.7. The van der Waals surface area contributed by atoms with E-state index in [2.05, 4.69) is 0 Å². The fraction of sp³-hybridized carbons (Fsp3) is 0.467. The summed E-state index contributed by atoms with van der Waals surface area (Å²) in [4.78, 5) is 25.2. The third-order valence-corrected chi connectivity index (χ3v) is 4.13. The van der Waals surface area contributed by atoms with E-state index in [0.29, 0.717) is 30.3 Å². The summed E-state index contributed by atoms with van der Waals surface area (Å²) >= 11 is 5.95. The maximum Gasteiger partial charge on any atom is 0.305 e. The zero-order valence-electron chi connectivity index (χ0n) is 11.8. The second-order valence-corrected chi connectivity index (χ2v) is 5.86. The van der Waals surface area contributed by atoms with Crippen molar-refractivity contribution >= 4 is 23.5 Å². The number of hydrogen-bond acceptors (Lipinski definition) is 4. The first-order valence-electron chi connectivity index (χ1n) is 7.09. The van der Waals surface area contributed by atoms with Crippen molar-refractivity contribution in [3.8, 4) is 5.75 Å². The highest BCUT2D eigenvalue weighted by Crippen LogP contribution is 2.32. The summed E-state index contributed by atoms with van der Waals surface area (Å²) in [5.74, 6) is -0.483. The third kappa shape index (κ3) is 3.03. The van der Waals surface area contributed by atoms with E-state index in [1.807, 2.05) is 0 Å². The first-order chi connectivity index (χ1) is 10.5. The molecular weight excluding hydrogens is 310 g/mol. The monoisotopic (exact) mass is 325 g/mol. The molecule has 2 aliphatic rings. The van der Waals surface area contributed by atoms with Gasteiger partial charge in [-0.05, 0) is 23.8 Å². The fourth-order valence-corrected chi connectivity index (χ4v) is 3.05. The molecule has 0 bridgehead atoms. The average Bonchev–Trinajstić information content (AvgIpc) is 2.89. The first kappa shape index (κ1) is 15.1. The molecule has 1 saturated heterocycles. The lowest BCUT2D eigenvalue weighted by Gasteiger charge is -2.36. The summed E-state index contributed by atoms with van der Waals surface area (Å²) < 4.78 is 11.0. The topological polar surface area (TPSA) is 76.1 Å². The van der Waals surface area contributed by atoms with Crippen LogP contribution in [-0.4, -0.2) is 53.8 Å². The van der Waals surface area contributed by atoms with Crippen LogP contribution in [0.2, 0.25) is 5.02 Å². The van der Waals surface area contributed by atoms with Crippen molar-refractivity contribution in [1.82, 2.24) is 4.90 Å². The van der Waals surface area contributed by atoms with Crippen LogP contribution < -0.4 is 4.74 Å². The number of nitrogens with zero attached hydrogens (tertiary/aromatic N) is 1. The minimum Gasteiger partial charge on any atom is -0.481 e. The quantitative estimate of drug-likeness (QED) is 0.907. The molecule has 22 heavy (non-hydrogen) atoms. The van der Waals surface area contributed by atoms with Crippen LogP contribution in [0.1, 0.15) is 12.0 Å². The first-order valence-corrected chi connectivity index (χ1v) is 7.47. The van der Waals surface area contributed by atoms with E-state index in [1.54, 1.807) is 23.1 Å². The molecule has 1 aromatic carbocycles. The van der Waals surface area contributed by atoms with E-state index in [4.69, 9.17) is 26.2 Å². The molecule has 2 heterocycles. The van der Waals surface area contributed by atoms with Gasteiger partial charge in [0.05, 0.1) is 25.7 Å². The van der Waals surface area contributed by atoms with Crippen molar-refractivity contribution < 1.29 is 24.2 Å². The summed E-state index contributed by atoms with van der Waals surface area (Å²) in [7, 11) is 0. The van der Waals surface area contributed by atoms with Gasteiger partial charge < -0.3 is 19.5 Å². The van der Waals surface area contributed by atoms with Crippen molar-refractivity contribution in [2.24, 2.45) is 0 Å². The number of aliphatic carboxylic acids is 1. The normalized spacial score (nSPS) is 23.8. The Labute approximate surface area is 132 Å². The Hall–Kier alpha value is -1.79. The van der Waals surface area contributed by atoms with Crippen LogP contribution in [0.3, 0.4) is 0 Å². The van der Waals surface area contributed by atoms with Crippen molar-refractivity contribution in [3.05, 3.63) is 28.8 Å². The van der Waals surface area contributed by atoms with Crippen molar-refractivity contribution in [1.29, 1.82) is 0 Å². The molecule has 0 radical (unpaired) electrons. The Morgan fingerprint density at radius 1 is 1.41 bits per heavy atom. The lowest BCUT2D eigenvalue weighted by molar-refractivity contribution is -0.150. The highest BCUT2D eigenvalue weighted by Gasteiger charge is 2.37. The molecule has 3 rings (SSSR count). The van der Waals surface area contributed by atoms with Gasteiger partial charge in [-0.1, -0.05) is 11.6 Å². The van der Waals surface area contributed by atoms with E-state index in [0.717, 1.165) is 5.56 Å². The molecule has 118 valence electrons. The Balaban J connectivity index is 1.72. The molecule has 0 spiro atoms. The van der Waals surface area contributed by atoms with Crippen LogP contribution in [0.4, 0.5) is 0 Å². The van der Waals surface area contributed by atoms with E-state index in [-0.39, 0.29) is 18.9 Å². The molecule has 1 aromatic rings. The summed E-state index contributed by atoms with van der Waals surface area (Å²) in [5, 5.41) is 9.57. The predicted molar refractivity (Wildman–Crippen MR) is 78.1 cm³/mol. The molecule has 6 nitrogen and oxygen atoms in total. The minimum absolute atomic E-state index is 0.128. The van der Waals surface area contributed by atoms with Gasteiger partial charge in [-0.3, -0.25) is 9.59 Å². The zero-order valence-corrected chi connectivity index (χ0v) is 12.6. The van der Waals surface area contributed by atoms with E-state index in [9.17, 15) is 9.59 Å². The molecule has 1 amide bonds. The second kappa shape index (κ2) is 6.14. The standard InChI is InChI=1S/C15H16ClNO5/c16-10-1-2-12-9(5-10)6-13(22-12)15(20)17-3-4-21-8-11(17)7-14(18)19/h1-2,5,11,13H,3-4,6-8H2,(H,18,19). The van der Waals surface area contributed by atoms with Crippen molar-refractivity contribution in [2.45, 2.75) is 25.0 Å². The second-order valence-electron chi connectivity index (χ2n) is 5.42. The van der Waals surface area contributed by atoms with Gasteiger partial charge in [-0.25, -0.2) is 0 Å². The summed E-state index contributed by atoms with van der Waals surface area (Å²) in [5.41, 5.74) is 0.897. The van der Waals surface area contributed by atoms with Gasteiger partial charge in [0.2, 0.25) is 0 Å². The van der Waals surface area contributed by atoms with E-state index < -0.39 is 18.1 Å². The van der Waals surface area contributed by atoms with Crippen LogP contribution in [0.25, 0.3) is 0 Å². The van der Waals surface area contributed by atoms with Gasteiger partial charge in [-0.2, -0.15) is 0 Å². The average molecular weight is 326 g/mol. The van der Waals surface area contributed by atoms with Crippen molar-refractivity contribution in [3.63, 3.8) is 0 Å². The number of carbonyl (C=O) groups excluding carboxylic acids is 1. The Kier molecular flexibility index (Phi) is 4.22. The Bertz CT molecular complexity index is 606. The molecule has 1 fully saturated rings. The smallest absolute Gasteiger partial charge is 0.305 e. The molecular formula is C15H16ClNO5. The number of ether oxygens (including phenoxy) is 2. The van der Waals surface area contributed by atoms with Crippen LogP contribution in [0.15, 0.2) is 18.2 Å². The largest absolute Gasteiger partial charge is 0.481 e. The number of benzene rings is 1. The Morgan fingerprint density at radius 3 is 3.00 bits per heavy atom. The number of carboxylic acids is 1. The van der Waals surface area contributed by atoms with Gasteiger partial charge in [0, 0.05) is 18.0 Å². The molecule has 0 saturated carbocycles. The van der Waals surface area contributed by atoms with Gasteiger partial charge in [0.1, 0.15) is 5.75 Å². The number of hydrogen-bond donors (Lipinski definition) is 1. The van der Waals surface area contributed by atoms with Crippen LogP contribution in [0, 0.1) is 0 Å². The van der Waals surface area contributed by atoms with Gasteiger partial charge in [0.15, 0.2) is 6.10 Å². The van der Waals surface area contributed by atoms with Crippen LogP contribution >= 0.6 is 11.6 Å². The minimum atomic E-state index is -0.948. The molecule has 2 aliphatic heterocycles. The SMILES string of the molecule is O=C(O)CC1COCCN1C(=O)C1Cc2cc(Cl)ccc2O1. The molecule has 2 unspecified atom stereocenters. The lowest BCUT2D eigenvalue weighted by atomic mass is 10.1. The van der Waals surface area contributed by atoms with Crippen LogP contribution in [-0.2, 0) is 20.7 Å². The maximum atomic E-state index is 12.7. The highest BCUT2D eigenvalue weighted by atomic mass is 35.5. The van der Waals surface area contributed by atoms with Gasteiger partial charge >= 0.3 is 5.97 Å². The zero-order chi connectivity index (χ0) is 15.7. The number of carboxylic acid groups (broad SMARTS) is 1. The molecule has 0 aromatic heterocycles. The third-order valence-electron chi connectivity index (χ3n) is 3.89. The highest BCUT2D eigenvalue weighted by molar-refractivity contribution is 6.30. The Morgan fingerprint density at radius 2 is 2.23 bits per heavy atom. The summed E-state index contributed by atoms with van der Waals surface area (Å²) in [6.07, 6.45) is -0.300. The number of fused-ring (bicyclic) bond motifs is 1. The number of rotatable bonds is 3. The molecule has 0 aliphatic carbocycles. The molecule has 2 atom stereocenters. The summed E-state index contributed by atoms with van der Waals surface area (Å²) in [6.45, 7) is 1.03. The lowest BCUT2D eigenvalue weighted by Crippen LogP contribution is -2.53. The van der Waals surface area contributed by atoms with E-state index in [1.165, 1.54) is 0 Å². The van der Waals surface area contributed by atoms with Crippen LogP contribution in [0.5, 0.6) is 5.75 Å². The van der Waals surface area contributed by atoms with E-state index >= 15 is 0 Å². The van der Waals surface area contributed by atoms with Gasteiger partial charge in [0.25, 0.3) is 5.91 Å². The van der Waals surface area contributed by atoms with Gasteiger partial charge in [-0.15, -0.1) is 0 Å². The fourth-order valence-electron chi connectivity index (χ4n) is 2.86. The van der Waals surface area contributed by atoms with Crippen molar-refractivity contribution in [2.75, 3.05) is 19.8 Å². The molecule has 1 N–H and O–H groups in total. The number of halogens is 1.